The Morgan fingerprint density at radius 1 is 1.37 bits per heavy atom. The molecule has 0 spiro atoms. The summed E-state index contributed by atoms with van der Waals surface area (Å²) >= 11 is 0. The first-order valence-electron chi connectivity index (χ1n) is 6.96. The highest BCUT2D eigenvalue weighted by Gasteiger charge is 2.26. The summed E-state index contributed by atoms with van der Waals surface area (Å²) in [4.78, 5) is 10.7. The van der Waals surface area contributed by atoms with E-state index in [0.29, 0.717) is 18.1 Å². The Labute approximate surface area is 115 Å². The van der Waals surface area contributed by atoms with E-state index in [-0.39, 0.29) is 0 Å². The van der Waals surface area contributed by atoms with Crippen molar-refractivity contribution in [1.82, 2.24) is 20.2 Å². The molecular formula is C14H24N4O. The molecule has 1 N–H and O–H groups in total. The van der Waals surface area contributed by atoms with Crippen LogP contribution in [0.5, 0.6) is 6.01 Å². The summed E-state index contributed by atoms with van der Waals surface area (Å²) in [6.07, 6.45) is 6.91. The van der Waals surface area contributed by atoms with Gasteiger partial charge in [-0.1, -0.05) is 12.8 Å². The van der Waals surface area contributed by atoms with Crippen LogP contribution < -0.4 is 10.1 Å². The minimum absolute atomic E-state index is 0.437. The van der Waals surface area contributed by atoms with E-state index in [0.717, 1.165) is 12.2 Å². The van der Waals surface area contributed by atoms with Crippen molar-refractivity contribution in [3.05, 3.63) is 18.0 Å². The van der Waals surface area contributed by atoms with E-state index in [1.165, 1.54) is 25.7 Å². The predicted molar refractivity (Wildman–Crippen MR) is 75.2 cm³/mol. The standard InChI is InChI=1S/C14H24N4O/c1-18(2)13-7-5-4-6-12(13)16-10-11-8-9-15-14(17-11)19-3/h8-9,12-13,16H,4-7,10H2,1-3H3. The van der Waals surface area contributed by atoms with Gasteiger partial charge in [-0.3, -0.25) is 0 Å². The molecular weight excluding hydrogens is 240 g/mol. The molecule has 5 nitrogen and oxygen atoms in total. The zero-order valence-corrected chi connectivity index (χ0v) is 12.1. The normalized spacial score (nSPS) is 23.6. The van der Waals surface area contributed by atoms with Crippen molar-refractivity contribution in [3.63, 3.8) is 0 Å². The number of likely N-dealkylation sites (N-methyl/N-ethyl adjacent to an activating group) is 1. The summed E-state index contributed by atoms with van der Waals surface area (Å²) in [5.41, 5.74) is 0.981. The largest absolute Gasteiger partial charge is 0.467 e. The van der Waals surface area contributed by atoms with Crippen LogP contribution >= 0.6 is 0 Å². The Bertz CT molecular complexity index is 397. The van der Waals surface area contributed by atoms with Gasteiger partial charge in [-0.25, -0.2) is 4.98 Å². The van der Waals surface area contributed by atoms with Crippen LogP contribution in [0.2, 0.25) is 0 Å². The lowest BCUT2D eigenvalue weighted by Gasteiger charge is -2.36. The number of hydrogen-bond acceptors (Lipinski definition) is 5. The van der Waals surface area contributed by atoms with Gasteiger partial charge in [-0.15, -0.1) is 0 Å². The van der Waals surface area contributed by atoms with Gasteiger partial charge >= 0.3 is 6.01 Å². The lowest BCUT2D eigenvalue weighted by atomic mass is 9.89. The topological polar surface area (TPSA) is 50.3 Å². The maximum Gasteiger partial charge on any atom is 0.316 e. The molecule has 1 aliphatic carbocycles. The second-order valence-electron chi connectivity index (χ2n) is 5.34. The maximum atomic E-state index is 5.05. The molecule has 0 aromatic carbocycles. The van der Waals surface area contributed by atoms with Gasteiger partial charge < -0.3 is 15.0 Å². The molecule has 1 heterocycles. The van der Waals surface area contributed by atoms with Crippen LogP contribution in [-0.4, -0.2) is 48.2 Å². The molecule has 1 fully saturated rings. The quantitative estimate of drug-likeness (QED) is 0.872. The van der Waals surface area contributed by atoms with Crippen molar-refractivity contribution < 1.29 is 4.74 Å². The van der Waals surface area contributed by atoms with Crippen molar-refractivity contribution in [2.24, 2.45) is 0 Å². The smallest absolute Gasteiger partial charge is 0.316 e. The molecule has 2 unspecified atom stereocenters. The van der Waals surface area contributed by atoms with Crippen molar-refractivity contribution in [2.45, 2.75) is 44.3 Å². The van der Waals surface area contributed by atoms with E-state index >= 15 is 0 Å². The minimum atomic E-state index is 0.437. The molecule has 1 saturated carbocycles. The molecule has 19 heavy (non-hydrogen) atoms. The van der Waals surface area contributed by atoms with Crippen LogP contribution in [0.1, 0.15) is 31.4 Å². The second-order valence-corrected chi connectivity index (χ2v) is 5.34. The van der Waals surface area contributed by atoms with Crippen molar-refractivity contribution in [3.8, 4) is 6.01 Å². The minimum Gasteiger partial charge on any atom is -0.467 e. The first kappa shape index (κ1) is 14.2. The third kappa shape index (κ3) is 3.88. The molecule has 0 radical (unpaired) electrons. The van der Waals surface area contributed by atoms with Crippen LogP contribution in [-0.2, 0) is 6.54 Å². The van der Waals surface area contributed by atoms with E-state index in [2.05, 4.69) is 34.3 Å². The Hall–Kier alpha value is -1.20. The van der Waals surface area contributed by atoms with E-state index in [1.54, 1.807) is 13.3 Å². The summed E-state index contributed by atoms with van der Waals surface area (Å²) in [5.74, 6) is 0. The molecule has 0 aliphatic heterocycles. The monoisotopic (exact) mass is 264 g/mol. The summed E-state index contributed by atoms with van der Waals surface area (Å²) in [5, 5.41) is 3.63. The van der Waals surface area contributed by atoms with Crippen LogP contribution in [0.4, 0.5) is 0 Å². The van der Waals surface area contributed by atoms with Crippen LogP contribution in [0.15, 0.2) is 12.3 Å². The lowest BCUT2D eigenvalue weighted by Crippen LogP contribution is -2.48. The van der Waals surface area contributed by atoms with E-state index in [1.807, 2.05) is 6.07 Å². The fourth-order valence-corrected chi connectivity index (χ4v) is 2.78. The van der Waals surface area contributed by atoms with Crippen molar-refractivity contribution in [2.75, 3.05) is 21.2 Å². The molecule has 1 aromatic rings. The van der Waals surface area contributed by atoms with Crippen molar-refractivity contribution in [1.29, 1.82) is 0 Å². The Balaban J connectivity index is 1.92. The number of nitrogens with zero attached hydrogens (tertiary/aromatic N) is 3. The van der Waals surface area contributed by atoms with Gasteiger partial charge in [-0.05, 0) is 33.0 Å². The molecule has 2 rings (SSSR count). The number of ether oxygens (including phenoxy) is 1. The number of rotatable bonds is 5. The van der Waals surface area contributed by atoms with E-state index < -0.39 is 0 Å². The fourth-order valence-electron chi connectivity index (χ4n) is 2.78. The molecule has 106 valence electrons. The Morgan fingerprint density at radius 3 is 2.89 bits per heavy atom. The molecule has 0 saturated heterocycles. The summed E-state index contributed by atoms with van der Waals surface area (Å²) < 4.78 is 5.05. The third-order valence-electron chi connectivity index (χ3n) is 3.81. The van der Waals surface area contributed by atoms with E-state index in [4.69, 9.17) is 4.74 Å². The van der Waals surface area contributed by atoms with Gasteiger partial charge in [0.15, 0.2) is 0 Å². The van der Waals surface area contributed by atoms with E-state index in [9.17, 15) is 0 Å². The summed E-state index contributed by atoms with van der Waals surface area (Å²) in [6.45, 7) is 0.772. The molecule has 2 atom stereocenters. The van der Waals surface area contributed by atoms with Gasteiger partial charge in [-0.2, -0.15) is 4.98 Å². The molecule has 5 heteroatoms. The highest BCUT2D eigenvalue weighted by molar-refractivity contribution is 5.05. The van der Waals surface area contributed by atoms with Crippen LogP contribution in [0.3, 0.4) is 0 Å². The molecule has 1 aliphatic rings. The maximum absolute atomic E-state index is 5.05. The van der Waals surface area contributed by atoms with Gasteiger partial charge in [0.05, 0.1) is 12.8 Å². The lowest BCUT2D eigenvalue weighted by molar-refractivity contribution is 0.175. The highest BCUT2D eigenvalue weighted by atomic mass is 16.5. The molecule has 0 bridgehead atoms. The SMILES string of the molecule is COc1nccc(CNC2CCCCC2N(C)C)n1. The van der Waals surface area contributed by atoms with Gasteiger partial charge in [0.1, 0.15) is 0 Å². The first-order valence-corrected chi connectivity index (χ1v) is 6.96. The average Bonchev–Trinajstić information content (AvgIpc) is 2.45. The van der Waals surface area contributed by atoms with Crippen LogP contribution in [0, 0.1) is 0 Å². The summed E-state index contributed by atoms with van der Waals surface area (Å²) in [6, 6.07) is 3.54. The van der Waals surface area contributed by atoms with Crippen molar-refractivity contribution >= 4 is 0 Å². The predicted octanol–water partition coefficient (Wildman–Crippen LogP) is 1.45. The Morgan fingerprint density at radius 2 is 2.16 bits per heavy atom. The summed E-state index contributed by atoms with van der Waals surface area (Å²) in [7, 11) is 5.92. The average molecular weight is 264 g/mol. The number of hydrogen-bond donors (Lipinski definition) is 1. The zero-order chi connectivity index (χ0) is 13.7. The van der Waals surface area contributed by atoms with Gasteiger partial charge in [0.25, 0.3) is 0 Å². The fraction of sp³-hybridized carbons (Fsp3) is 0.714. The number of aromatic nitrogens is 2. The highest BCUT2D eigenvalue weighted by Crippen LogP contribution is 2.22. The third-order valence-corrected chi connectivity index (χ3v) is 3.81. The Kier molecular flexibility index (Phi) is 5.10. The second kappa shape index (κ2) is 6.82. The zero-order valence-electron chi connectivity index (χ0n) is 12.1. The van der Waals surface area contributed by atoms with Gasteiger partial charge in [0.2, 0.25) is 0 Å². The molecule has 1 aromatic heterocycles. The number of nitrogens with one attached hydrogen (secondary N) is 1. The van der Waals surface area contributed by atoms with Crippen LogP contribution in [0.25, 0.3) is 0 Å². The first-order chi connectivity index (χ1) is 9.20. The molecule has 0 amide bonds. The number of methoxy groups -OCH3 is 1. The van der Waals surface area contributed by atoms with Gasteiger partial charge in [0, 0.05) is 24.8 Å².